The maximum atomic E-state index is 11.9. The van der Waals surface area contributed by atoms with E-state index in [1.54, 1.807) is 0 Å². The molecule has 1 amide bonds. The van der Waals surface area contributed by atoms with Gasteiger partial charge >= 0.3 is 5.97 Å². The van der Waals surface area contributed by atoms with E-state index in [4.69, 9.17) is 16.7 Å². The van der Waals surface area contributed by atoms with Gasteiger partial charge in [-0.15, -0.1) is 0 Å². The summed E-state index contributed by atoms with van der Waals surface area (Å²) in [6.45, 7) is 1.75. The molecule has 19 heavy (non-hydrogen) atoms. The first-order valence-corrected chi connectivity index (χ1v) is 6.47. The van der Waals surface area contributed by atoms with Crippen LogP contribution in [0.4, 0.5) is 5.69 Å². The van der Waals surface area contributed by atoms with Crippen LogP contribution in [0.1, 0.15) is 23.2 Å². The van der Waals surface area contributed by atoms with Crippen LogP contribution >= 0.6 is 11.6 Å². The van der Waals surface area contributed by atoms with Gasteiger partial charge in [0, 0.05) is 11.4 Å². The third kappa shape index (κ3) is 3.68. The van der Waals surface area contributed by atoms with Crippen molar-refractivity contribution in [2.45, 2.75) is 12.8 Å². The van der Waals surface area contributed by atoms with Crippen LogP contribution in [0.3, 0.4) is 0 Å². The van der Waals surface area contributed by atoms with Crippen LogP contribution in [0.2, 0.25) is 5.02 Å². The molecule has 1 aliphatic rings. The van der Waals surface area contributed by atoms with Gasteiger partial charge in [-0.05, 0) is 43.6 Å². The number of carbonyl (C=O) groups is 2. The number of amides is 1. The van der Waals surface area contributed by atoms with E-state index in [1.807, 2.05) is 0 Å². The molecule has 1 unspecified atom stereocenters. The van der Waals surface area contributed by atoms with Gasteiger partial charge in [-0.2, -0.15) is 0 Å². The average molecular weight is 283 g/mol. The predicted octanol–water partition coefficient (Wildman–Crippen LogP) is 1.98. The SMILES string of the molecule is O=C(CC1CCNC1)Nc1cc(Cl)ccc1C(=O)O. The highest BCUT2D eigenvalue weighted by Gasteiger charge is 2.19. The minimum absolute atomic E-state index is 0.0438. The average Bonchev–Trinajstić information content (AvgIpc) is 2.81. The number of hydrogen-bond donors (Lipinski definition) is 3. The highest BCUT2D eigenvalue weighted by atomic mass is 35.5. The van der Waals surface area contributed by atoms with E-state index in [-0.39, 0.29) is 17.2 Å². The van der Waals surface area contributed by atoms with Crippen molar-refractivity contribution in [3.8, 4) is 0 Å². The molecule has 0 aromatic heterocycles. The smallest absolute Gasteiger partial charge is 0.337 e. The molecule has 102 valence electrons. The maximum Gasteiger partial charge on any atom is 0.337 e. The predicted molar refractivity (Wildman–Crippen MR) is 72.6 cm³/mol. The molecule has 0 bridgehead atoms. The molecule has 5 nitrogen and oxygen atoms in total. The molecular formula is C13H15ClN2O3. The van der Waals surface area contributed by atoms with Gasteiger partial charge < -0.3 is 15.7 Å². The second-order valence-electron chi connectivity index (χ2n) is 4.61. The molecule has 3 N–H and O–H groups in total. The van der Waals surface area contributed by atoms with E-state index in [0.29, 0.717) is 17.4 Å². The number of aromatic carboxylic acids is 1. The van der Waals surface area contributed by atoms with E-state index in [2.05, 4.69) is 10.6 Å². The van der Waals surface area contributed by atoms with Crippen molar-refractivity contribution in [2.24, 2.45) is 5.92 Å². The Labute approximate surface area is 116 Å². The highest BCUT2D eigenvalue weighted by Crippen LogP contribution is 2.22. The van der Waals surface area contributed by atoms with Crippen molar-refractivity contribution >= 4 is 29.2 Å². The molecule has 1 aliphatic heterocycles. The van der Waals surface area contributed by atoms with Gasteiger partial charge in [0.1, 0.15) is 0 Å². The maximum absolute atomic E-state index is 11.9. The van der Waals surface area contributed by atoms with Crippen LogP contribution < -0.4 is 10.6 Å². The minimum atomic E-state index is -1.09. The summed E-state index contributed by atoms with van der Waals surface area (Å²) in [4.78, 5) is 22.9. The van der Waals surface area contributed by atoms with Crippen LogP contribution in [0.15, 0.2) is 18.2 Å². The first-order chi connectivity index (χ1) is 9.06. The molecule has 6 heteroatoms. The Morgan fingerprint density at radius 3 is 2.89 bits per heavy atom. The number of rotatable bonds is 4. The molecule has 1 atom stereocenters. The van der Waals surface area contributed by atoms with Crippen molar-refractivity contribution in [2.75, 3.05) is 18.4 Å². The number of carboxylic acid groups (broad SMARTS) is 1. The number of nitrogens with one attached hydrogen (secondary N) is 2. The number of carbonyl (C=O) groups excluding carboxylic acids is 1. The van der Waals surface area contributed by atoms with E-state index in [0.717, 1.165) is 19.5 Å². The fourth-order valence-electron chi connectivity index (χ4n) is 2.16. The van der Waals surface area contributed by atoms with Crippen molar-refractivity contribution in [1.82, 2.24) is 5.32 Å². The van der Waals surface area contributed by atoms with Gasteiger partial charge in [-0.25, -0.2) is 4.79 Å². The molecular weight excluding hydrogens is 268 g/mol. The van der Waals surface area contributed by atoms with E-state index in [1.165, 1.54) is 18.2 Å². The van der Waals surface area contributed by atoms with Crippen LogP contribution in [-0.2, 0) is 4.79 Å². The van der Waals surface area contributed by atoms with Gasteiger partial charge in [0.05, 0.1) is 11.3 Å². The van der Waals surface area contributed by atoms with E-state index >= 15 is 0 Å². The quantitative estimate of drug-likeness (QED) is 0.789. The summed E-state index contributed by atoms with van der Waals surface area (Å²) in [5, 5.41) is 15.3. The second kappa shape index (κ2) is 6.04. The van der Waals surface area contributed by atoms with Crippen molar-refractivity contribution in [1.29, 1.82) is 0 Å². The first-order valence-electron chi connectivity index (χ1n) is 6.09. The number of hydrogen-bond acceptors (Lipinski definition) is 3. The van der Waals surface area contributed by atoms with E-state index < -0.39 is 5.97 Å². The second-order valence-corrected chi connectivity index (χ2v) is 5.04. The van der Waals surface area contributed by atoms with Gasteiger partial charge in [0.15, 0.2) is 0 Å². The molecule has 2 rings (SSSR count). The molecule has 1 heterocycles. The molecule has 1 aromatic carbocycles. The monoisotopic (exact) mass is 282 g/mol. The lowest BCUT2D eigenvalue weighted by Gasteiger charge is -2.11. The van der Waals surface area contributed by atoms with Gasteiger partial charge in [-0.1, -0.05) is 11.6 Å². The third-order valence-corrected chi connectivity index (χ3v) is 3.36. The normalized spacial score (nSPS) is 18.3. The molecule has 0 aliphatic carbocycles. The Morgan fingerprint density at radius 2 is 2.26 bits per heavy atom. The standard InChI is InChI=1S/C13H15ClN2O3/c14-9-1-2-10(13(18)19)11(6-9)16-12(17)5-8-3-4-15-7-8/h1-2,6,8,15H,3-5,7H2,(H,16,17)(H,18,19). The largest absolute Gasteiger partial charge is 0.478 e. The van der Waals surface area contributed by atoms with Crippen LogP contribution in [0, 0.1) is 5.92 Å². The summed E-state index contributed by atoms with van der Waals surface area (Å²) in [6.07, 6.45) is 1.35. The fraction of sp³-hybridized carbons (Fsp3) is 0.385. The van der Waals surface area contributed by atoms with Crippen LogP contribution in [0.5, 0.6) is 0 Å². The molecule has 0 spiro atoms. The fourth-order valence-corrected chi connectivity index (χ4v) is 2.33. The summed E-state index contributed by atoms with van der Waals surface area (Å²) in [5.41, 5.74) is 0.290. The summed E-state index contributed by atoms with van der Waals surface area (Å²) >= 11 is 5.82. The number of carboxylic acids is 1. The van der Waals surface area contributed by atoms with Gasteiger partial charge in [0.25, 0.3) is 0 Å². The topological polar surface area (TPSA) is 78.4 Å². The summed E-state index contributed by atoms with van der Waals surface area (Å²) in [5.74, 6) is -0.958. The van der Waals surface area contributed by atoms with Crippen molar-refractivity contribution in [3.05, 3.63) is 28.8 Å². The Bertz CT molecular complexity index is 499. The molecule has 1 aromatic rings. The summed E-state index contributed by atoms with van der Waals surface area (Å²) < 4.78 is 0. The Balaban J connectivity index is 2.06. The van der Waals surface area contributed by atoms with Crippen molar-refractivity contribution < 1.29 is 14.7 Å². The lowest BCUT2D eigenvalue weighted by molar-refractivity contribution is -0.116. The Kier molecular flexibility index (Phi) is 4.39. The number of benzene rings is 1. The number of halogens is 1. The van der Waals surface area contributed by atoms with Crippen LogP contribution in [-0.4, -0.2) is 30.1 Å². The lowest BCUT2D eigenvalue weighted by atomic mass is 10.0. The van der Waals surface area contributed by atoms with Crippen molar-refractivity contribution in [3.63, 3.8) is 0 Å². The van der Waals surface area contributed by atoms with E-state index in [9.17, 15) is 9.59 Å². The van der Waals surface area contributed by atoms with Crippen LogP contribution in [0.25, 0.3) is 0 Å². The first kappa shape index (κ1) is 13.8. The third-order valence-electron chi connectivity index (χ3n) is 3.12. The Morgan fingerprint density at radius 1 is 1.47 bits per heavy atom. The molecule has 0 saturated carbocycles. The zero-order valence-corrected chi connectivity index (χ0v) is 11.0. The summed E-state index contributed by atoms with van der Waals surface area (Å²) in [6, 6.07) is 4.33. The minimum Gasteiger partial charge on any atom is -0.478 e. The van der Waals surface area contributed by atoms with Gasteiger partial charge in [0.2, 0.25) is 5.91 Å². The molecule has 1 fully saturated rings. The molecule has 1 saturated heterocycles. The Hall–Kier alpha value is -1.59. The zero-order valence-electron chi connectivity index (χ0n) is 10.3. The van der Waals surface area contributed by atoms with Gasteiger partial charge in [-0.3, -0.25) is 4.79 Å². The summed E-state index contributed by atoms with van der Waals surface area (Å²) in [7, 11) is 0. The number of anilines is 1. The lowest BCUT2D eigenvalue weighted by Crippen LogP contribution is -2.19. The highest BCUT2D eigenvalue weighted by molar-refractivity contribution is 6.31. The molecule has 0 radical (unpaired) electrons. The zero-order chi connectivity index (χ0) is 13.8.